The van der Waals surface area contributed by atoms with Gasteiger partial charge in [0, 0.05) is 11.5 Å². The molecule has 2 aromatic rings. The van der Waals surface area contributed by atoms with Crippen LogP contribution >= 0.6 is 11.5 Å². The highest BCUT2D eigenvalue weighted by Gasteiger charge is 2.06. The van der Waals surface area contributed by atoms with Crippen molar-refractivity contribution in [3.8, 4) is 0 Å². The molecule has 0 unspecified atom stereocenters. The van der Waals surface area contributed by atoms with E-state index < -0.39 is 16.3 Å². The summed E-state index contributed by atoms with van der Waals surface area (Å²) in [4.78, 5) is 38.4. The van der Waals surface area contributed by atoms with Crippen LogP contribution in [-0.2, 0) is 0 Å². The number of fused-ring (bicyclic) bond motifs is 1. The largest absolute Gasteiger partial charge is 0.342 e. The van der Waals surface area contributed by atoms with Crippen molar-refractivity contribution < 1.29 is 0 Å². The summed E-state index contributed by atoms with van der Waals surface area (Å²) in [5.41, 5.74) is -1.25. The molecule has 0 saturated heterocycles. The molecular weight excluding hydrogens is 195 g/mol. The summed E-state index contributed by atoms with van der Waals surface area (Å²) in [7, 11) is 1.30. The van der Waals surface area contributed by atoms with Crippen molar-refractivity contribution in [1.29, 1.82) is 0 Å². The second kappa shape index (κ2) is 2.42. The number of hydrogen-bond acceptors (Lipinski definition) is 5. The zero-order valence-corrected chi connectivity index (χ0v) is 7.29. The smallest absolute Gasteiger partial charge is 0.298 e. The number of aromatic nitrogens is 4. The van der Waals surface area contributed by atoms with Gasteiger partial charge < -0.3 is 0 Å². The molecule has 0 aliphatic heterocycles. The second-order valence-electron chi connectivity index (χ2n) is 2.36. The monoisotopic (exact) mass is 198 g/mol. The molecule has 0 aromatic carbocycles. The van der Waals surface area contributed by atoms with Crippen molar-refractivity contribution >= 4 is 25.3 Å². The fourth-order valence-electron chi connectivity index (χ4n) is 0.878. The summed E-state index contributed by atoms with van der Waals surface area (Å²) in [6.45, 7) is 0. The van der Waals surface area contributed by atoms with E-state index >= 15 is 0 Å². The molecule has 66 valence electrons. The molecule has 0 saturated carbocycles. The van der Waals surface area contributed by atoms with Gasteiger partial charge in [0.25, 0.3) is 0 Å². The molecule has 7 nitrogen and oxygen atoms in total. The number of rotatable bonds is 0. The van der Waals surface area contributed by atoms with Crippen LogP contribution in [0.4, 0.5) is 0 Å². The molecule has 13 heavy (non-hydrogen) atoms. The molecule has 2 rings (SSSR count). The molecule has 0 atom stereocenters. The molecule has 2 heterocycles. The van der Waals surface area contributed by atoms with Gasteiger partial charge in [0.2, 0.25) is 13.8 Å². The molecule has 0 aliphatic carbocycles. The first-order valence-corrected chi connectivity index (χ1v) is 4.06. The Morgan fingerprint density at radius 2 is 2.08 bits per heavy atom. The summed E-state index contributed by atoms with van der Waals surface area (Å²) in [6.07, 6.45) is 0. The number of H-pyrrole nitrogens is 1. The first kappa shape index (κ1) is 7.99. The van der Waals surface area contributed by atoms with Gasteiger partial charge in [-0.2, -0.15) is 8.77 Å². The van der Waals surface area contributed by atoms with Crippen molar-refractivity contribution in [3.63, 3.8) is 0 Å². The zero-order valence-electron chi connectivity index (χ0n) is 6.47. The van der Waals surface area contributed by atoms with Gasteiger partial charge >= 0.3 is 16.3 Å². The number of aromatic amines is 1. The van der Waals surface area contributed by atoms with E-state index in [9.17, 15) is 14.4 Å². The molecule has 2 aromatic heterocycles. The fourth-order valence-corrected chi connectivity index (χ4v) is 1.55. The highest BCUT2D eigenvalue weighted by Crippen LogP contribution is 1.86. The standard InChI is InChI=1S/C4H3BN4O3S/c5-8-2(10)6-1-7-3(11)13-9(1)4(8)12/h5H2,(H,6,7,10,11). The van der Waals surface area contributed by atoms with Crippen molar-refractivity contribution in [2.24, 2.45) is 0 Å². The Hall–Kier alpha value is -1.64. The predicted molar refractivity (Wildman–Crippen MR) is 48.2 cm³/mol. The van der Waals surface area contributed by atoms with Gasteiger partial charge in [0.1, 0.15) is 0 Å². The van der Waals surface area contributed by atoms with Gasteiger partial charge in [-0.05, 0) is 0 Å². The van der Waals surface area contributed by atoms with Crippen LogP contribution in [0.1, 0.15) is 0 Å². The van der Waals surface area contributed by atoms with E-state index in [0.29, 0.717) is 11.5 Å². The van der Waals surface area contributed by atoms with Gasteiger partial charge in [0.05, 0.1) is 0 Å². The number of nitrogens with zero attached hydrogens (tertiary/aromatic N) is 3. The lowest BCUT2D eigenvalue weighted by Crippen LogP contribution is -2.37. The van der Waals surface area contributed by atoms with Crippen LogP contribution in [0.25, 0.3) is 5.78 Å². The fraction of sp³-hybridized carbons (Fsp3) is 0. The molecule has 0 fully saturated rings. The normalized spacial score (nSPS) is 10.8. The van der Waals surface area contributed by atoms with Crippen molar-refractivity contribution in [2.45, 2.75) is 0 Å². The van der Waals surface area contributed by atoms with E-state index in [4.69, 9.17) is 0 Å². The number of hydrogen-bond donors (Lipinski definition) is 1. The summed E-state index contributed by atoms with van der Waals surface area (Å²) < 4.78 is 1.86. The second-order valence-corrected chi connectivity index (χ2v) is 3.28. The Labute approximate surface area is 74.9 Å². The minimum atomic E-state index is -0.681. The maximum atomic E-state index is 11.3. The molecule has 1 N–H and O–H groups in total. The first-order chi connectivity index (χ1) is 6.09. The molecular formula is C4H3BN4O3S. The molecule has 0 radical (unpaired) electrons. The van der Waals surface area contributed by atoms with Gasteiger partial charge in [-0.15, -0.1) is 0 Å². The average molecular weight is 198 g/mol. The zero-order chi connectivity index (χ0) is 9.59. The highest BCUT2D eigenvalue weighted by molar-refractivity contribution is 7.03. The van der Waals surface area contributed by atoms with Gasteiger partial charge in [-0.25, -0.2) is 9.59 Å². The average Bonchev–Trinajstić information content (AvgIpc) is 2.42. The predicted octanol–water partition coefficient (Wildman–Crippen LogP) is -3.00. The minimum Gasteiger partial charge on any atom is -0.298 e. The van der Waals surface area contributed by atoms with Crippen LogP contribution < -0.4 is 16.3 Å². The van der Waals surface area contributed by atoms with E-state index in [2.05, 4.69) is 9.97 Å². The van der Waals surface area contributed by atoms with Crippen LogP contribution in [0.2, 0.25) is 0 Å². The van der Waals surface area contributed by atoms with Crippen LogP contribution in [-0.4, -0.2) is 26.2 Å². The lowest BCUT2D eigenvalue weighted by molar-refractivity contribution is 0.884. The quantitative estimate of drug-likeness (QED) is 0.457. The van der Waals surface area contributed by atoms with Gasteiger partial charge in [0.15, 0.2) is 0 Å². The van der Waals surface area contributed by atoms with E-state index in [1.54, 1.807) is 0 Å². The Balaban J connectivity index is 3.19. The van der Waals surface area contributed by atoms with Crippen LogP contribution in [0.5, 0.6) is 0 Å². The molecule has 0 amide bonds. The van der Waals surface area contributed by atoms with Crippen molar-refractivity contribution in [2.75, 3.05) is 0 Å². The van der Waals surface area contributed by atoms with Crippen LogP contribution in [0.3, 0.4) is 0 Å². The maximum absolute atomic E-state index is 11.3. The Morgan fingerprint density at radius 1 is 1.38 bits per heavy atom. The third-order valence-corrected chi connectivity index (χ3v) is 2.31. The van der Waals surface area contributed by atoms with E-state index in [1.165, 1.54) is 7.98 Å². The first-order valence-electron chi connectivity index (χ1n) is 3.29. The molecule has 0 aliphatic rings. The Kier molecular flexibility index (Phi) is 1.49. The summed E-state index contributed by atoms with van der Waals surface area (Å²) in [5.74, 6) is -0.0110. The van der Waals surface area contributed by atoms with Gasteiger partial charge in [-0.1, -0.05) is 0 Å². The summed E-state index contributed by atoms with van der Waals surface area (Å²) in [5, 5.41) is 0. The van der Waals surface area contributed by atoms with Gasteiger partial charge in [-0.3, -0.25) is 14.3 Å². The maximum Gasteiger partial charge on any atom is 0.342 e. The third kappa shape index (κ3) is 1.04. The SMILES string of the molecule is Bn1c(=O)nc2[nH]c(=O)sn2c1=O. The Morgan fingerprint density at radius 3 is 2.77 bits per heavy atom. The van der Waals surface area contributed by atoms with Crippen LogP contribution in [0.15, 0.2) is 14.4 Å². The van der Waals surface area contributed by atoms with Crippen LogP contribution in [0, 0.1) is 0 Å². The van der Waals surface area contributed by atoms with E-state index in [0.717, 1.165) is 8.27 Å². The molecule has 0 spiro atoms. The Bertz CT molecular complexity index is 633. The van der Waals surface area contributed by atoms with E-state index in [1.807, 2.05) is 0 Å². The lowest BCUT2D eigenvalue weighted by atomic mass is 10.4. The molecule has 9 heteroatoms. The minimum absolute atomic E-state index is 0.0110. The molecule has 0 bridgehead atoms. The summed E-state index contributed by atoms with van der Waals surface area (Å²) >= 11 is 0.672. The highest BCUT2D eigenvalue weighted by atomic mass is 32.1. The van der Waals surface area contributed by atoms with Crippen molar-refractivity contribution in [3.05, 3.63) is 30.6 Å². The van der Waals surface area contributed by atoms with Crippen molar-refractivity contribution in [1.82, 2.24) is 18.2 Å². The lowest BCUT2D eigenvalue weighted by Gasteiger charge is -1.93. The topological polar surface area (TPSA) is 89.2 Å². The summed E-state index contributed by atoms with van der Waals surface area (Å²) in [6, 6.07) is 0. The third-order valence-electron chi connectivity index (χ3n) is 1.53. The van der Waals surface area contributed by atoms with E-state index in [-0.39, 0.29) is 5.78 Å². The number of nitrogens with one attached hydrogen (secondary N) is 1.